The zero-order valence-corrected chi connectivity index (χ0v) is 13.8. The topological polar surface area (TPSA) is 38.0 Å². The Morgan fingerprint density at radius 1 is 1.00 bits per heavy atom. The summed E-state index contributed by atoms with van der Waals surface area (Å²) in [5.74, 6) is 0.719. The fourth-order valence-corrected chi connectivity index (χ4v) is 2.71. The van der Waals surface area contributed by atoms with E-state index in [1.54, 1.807) is 0 Å². The van der Waals surface area contributed by atoms with Gasteiger partial charge in [-0.15, -0.1) is 0 Å². The van der Waals surface area contributed by atoms with E-state index >= 15 is 0 Å². The zero-order chi connectivity index (χ0) is 16.4. The van der Waals surface area contributed by atoms with Gasteiger partial charge >= 0.3 is 0 Å². The fraction of sp³-hybridized carbons (Fsp3) is 0.250. The van der Waals surface area contributed by atoms with Gasteiger partial charge in [0.25, 0.3) is 0 Å². The summed E-state index contributed by atoms with van der Waals surface area (Å²) < 4.78 is 1.85. The van der Waals surface area contributed by atoms with Crippen molar-refractivity contribution < 1.29 is 5.11 Å². The molecule has 1 N–H and O–H groups in total. The molecule has 0 fully saturated rings. The van der Waals surface area contributed by atoms with Crippen LogP contribution >= 0.6 is 0 Å². The molecule has 0 unspecified atom stereocenters. The third kappa shape index (κ3) is 3.14. The van der Waals surface area contributed by atoms with E-state index in [9.17, 15) is 5.11 Å². The van der Waals surface area contributed by atoms with E-state index in [1.165, 1.54) is 5.56 Å². The van der Waals surface area contributed by atoms with Crippen LogP contribution in [0.2, 0.25) is 0 Å². The molecule has 0 radical (unpaired) electrons. The Hall–Kier alpha value is -2.55. The lowest BCUT2D eigenvalue weighted by atomic mass is 10.1. The van der Waals surface area contributed by atoms with Crippen molar-refractivity contribution >= 4 is 0 Å². The number of aryl methyl sites for hydroxylation is 1. The first-order valence-corrected chi connectivity index (χ1v) is 7.99. The van der Waals surface area contributed by atoms with Crippen LogP contribution in [0.4, 0.5) is 0 Å². The summed E-state index contributed by atoms with van der Waals surface area (Å²) in [6.07, 6.45) is 0.754. The molecule has 0 atom stereocenters. The van der Waals surface area contributed by atoms with Gasteiger partial charge in [0, 0.05) is 5.56 Å². The van der Waals surface area contributed by atoms with E-state index in [-0.39, 0.29) is 5.75 Å². The minimum atomic E-state index is 0.283. The predicted molar refractivity (Wildman–Crippen MR) is 93.9 cm³/mol. The fourth-order valence-electron chi connectivity index (χ4n) is 2.71. The van der Waals surface area contributed by atoms with Crippen LogP contribution in [0.15, 0.2) is 54.6 Å². The van der Waals surface area contributed by atoms with Crippen LogP contribution in [0.1, 0.15) is 25.1 Å². The lowest BCUT2D eigenvalue weighted by molar-refractivity contribution is 0.464. The third-order valence-corrected chi connectivity index (χ3v) is 3.86. The molecule has 1 heterocycles. The molecular formula is C20H22N2O. The first-order valence-electron chi connectivity index (χ1n) is 7.99. The van der Waals surface area contributed by atoms with Gasteiger partial charge in [-0.2, -0.15) is 5.10 Å². The molecule has 0 bridgehead atoms. The minimum Gasteiger partial charge on any atom is -0.504 e. The zero-order valence-electron chi connectivity index (χ0n) is 13.8. The van der Waals surface area contributed by atoms with Crippen molar-refractivity contribution in [2.24, 2.45) is 5.92 Å². The Bertz CT molecular complexity index is 787. The second-order valence-corrected chi connectivity index (χ2v) is 6.36. The Morgan fingerprint density at radius 2 is 1.65 bits per heavy atom. The number of hydrogen-bond acceptors (Lipinski definition) is 2. The summed E-state index contributed by atoms with van der Waals surface area (Å²) in [7, 11) is 0. The Labute approximate surface area is 137 Å². The summed E-state index contributed by atoms with van der Waals surface area (Å²) in [5.41, 5.74) is 4.63. The molecular weight excluding hydrogens is 284 g/mol. The van der Waals surface area contributed by atoms with Crippen LogP contribution in [-0.2, 0) is 6.42 Å². The third-order valence-electron chi connectivity index (χ3n) is 3.86. The number of aromatic hydroxyl groups is 1. The van der Waals surface area contributed by atoms with E-state index in [2.05, 4.69) is 32.9 Å². The molecule has 3 nitrogen and oxygen atoms in total. The van der Waals surface area contributed by atoms with Crippen molar-refractivity contribution in [1.82, 2.24) is 9.78 Å². The SMILES string of the molecule is Cc1ccc(-n2nc(CC(C)C)c(O)c2-c2ccccc2)cc1. The van der Waals surface area contributed by atoms with Crippen molar-refractivity contribution in [2.45, 2.75) is 27.2 Å². The average Bonchev–Trinajstić information content (AvgIpc) is 2.85. The summed E-state index contributed by atoms with van der Waals surface area (Å²) in [5, 5.41) is 15.4. The second kappa shape index (κ2) is 6.29. The molecule has 1 aromatic heterocycles. The van der Waals surface area contributed by atoms with Gasteiger partial charge in [-0.05, 0) is 31.4 Å². The van der Waals surface area contributed by atoms with E-state index in [0.29, 0.717) is 5.92 Å². The molecule has 3 rings (SSSR count). The number of aromatic nitrogens is 2. The molecule has 3 aromatic rings. The Balaban J connectivity index is 2.19. The summed E-state index contributed by atoms with van der Waals surface area (Å²) >= 11 is 0. The maximum Gasteiger partial charge on any atom is 0.165 e. The molecule has 0 saturated carbocycles. The van der Waals surface area contributed by atoms with Crippen molar-refractivity contribution in [3.8, 4) is 22.7 Å². The first-order chi connectivity index (χ1) is 11.1. The first kappa shape index (κ1) is 15.3. The van der Waals surface area contributed by atoms with E-state index < -0.39 is 0 Å². The van der Waals surface area contributed by atoms with Gasteiger partial charge in [0.2, 0.25) is 0 Å². The van der Waals surface area contributed by atoms with Crippen molar-refractivity contribution in [2.75, 3.05) is 0 Å². The van der Waals surface area contributed by atoms with Gasteiger partial charge in [-0.3, -0.25) is 0 Å². The van der Waals surface area contributed by atoms with Crippen molar-refractivity contribution in [3.63, 3.8) is 0 Å². The van der Waals surface area contributed by atoms with E-state index in [1.807, 2.05) is 47.1 Å². The van der Waals surface area contributed by atoms with Crippen LogP contribution in [0, 0.1) is 12.8 Å². The van der Waals surface area contributed by atoms with Crippen LogP contribution < -0.4 is 0 Å². The summed E-state index contributed by atoms with van der Waals surface area (Å²) in [4.78, 5) is 0. The van der Waals surface area contributed by atoms with Gasteiger partial charge in [0.15, 0.2) is 5.75 Å². The molecule has 0 amide bonds. The lowest BCUT2D eigenvalue weighted by Crippen LogP contribution is -2.01. The molecule has 0 saturated heterocycles. The van der Waals surface area contributed by atoms with E-state index in [0.717, 1.165) is 29.1 Å². The van der Waals surface area contributed by atoms with Crippen LogP contribution in [0.3, 0.4) is 0 Å². The average molecular weight is 306 g/mol. The van der Waals surface area contributed by atoms with Crippen LogP contribution in [-0.4, -0.2) is 14.9 Å². The minimum absolute atomic E-state index is 0.283. The highest BCUT2D eigenvalue weighted by Crippen LogP contribution is 2.35. The van der Waals surface area contributed by atoms with Gasteiger partial charge in [0.05, 0.1) is 5.69 Å². The van der Waals surface area contributed by atoms with Crippen molar-refractivity contribution in [3.05, 3.63) is 65.9 Å². The highest BCUT2D eigenvalue weighted by atomic mass is 16.3. The van der Waals surface area contributed by atoms with Gasteiger partial charge in [-0.1, -0.05) is 61.9 Å². The van der Waals surface area contributed by atoms with Gasteiger partial charge < -0.3 is 5.11 Å². The van der Waals surface area contributed by atoms with Gasteiger partial charge in [0.1, 0.15) is 11.4 Å². The smallest absolute Gasteiger partial charge is 0.165 e. The lowest BCUT2D eigenvalue weighted by Gasteiger charge is -2.08. The normalized spacial score (nSPS) is 11.1. The Morgan fingerprint density at radius 3 is 2.26 bits per heavy atom. The predicted octanol–water partition coefficient (Wildman–Crippen LogP) is 4.75. The number of hydrogen-bond donors (Lipinski definition) is 1. The highest BCUT2D eigenvalue weighted by molar-refractivity contribution is 5.70. The molecule has 2 aromatic carbocycles. The molecule has 0 spiro atoms. The summed E-state index contributed by atoms with van der Waals surface area (Å²) in [6.45, 7) is 6.33. The number of rotatable bonds is 4. The van der Waals surface area contributed by atoms with Gasteiger partial charge in [-0.25, -0.2) is 4.68 Å². The standard InChI is InChI=1S/C20H22N2O/c1-14(2)13-18-20(23)19(16-7-5-4-6-8-16)22(21-18)17-11-9-15(3)10-12-17/h4-12,14,23H,13H2,1-3H3. The monoisotopic (exact) mass is 306 g/mol. The quantitative estimate of drug-likeness (QED) is 0.755. The van der Waals surface area contributed by atoms with Crippen molar-refractivity contribution in [1.29, 1.82) is 0 Å². The maximum absolute atomic E-state index is 10.7. The second-order valence-electron chi connectivity index (χ2n) is 6.36. The molecule has 0 aliphatic rings. The largest absolute Gasteiger partial charge is 0.504 e. The highest BCUT2D eigenvalue weighted by Gasteiger charge is 2.20. The molecule has 0 aliphatic heterocycles. The summed E-state index contributed by atoms with van der Waals surface area (Å²) in [6, 6.07) is 18.1. The Kier molecular flexibility index (Phi) is 4.20. The number of benzene rings is 2. The number of nitrogens with zero attached hydrogens (tertiary/aromatic N) is 2. The molecule has 23 heavy (non-hydrogen) atoms. The molecule has 118 valence electrons. The van der Waals surface area contributed by atoms with Crippen LogP contribution in [0.5, 0.6) is 5.75 Å². The van der Waals surface area contributed by atoms with Crippen LogP contribution in [0.25, 0.3) is 16.9 Å². The van der Waals surface area contributed by atoms with E-state index in [4.69, 9.17) is 5.10 Å². The maximum atomic E-state index is 10.7. The molecule has 0 aliphatic carbocycles. The molecule has 3 heteroatoms.